The Balaban J connectivity index is 2.64. The molecule has 0 radical (unpaired) electrons. The largest absolute Gasteiger partial charge is 0.493 e. The summed E-state index contributed by atoms with van der Waals surface area (Å²) in [5.74, 6) is 0.572. The third kappa shape index (κ3) is 2.45. The zero-order valence-electron chi connectivity index (χ0n) is 6.37. The fraction of sp³-hybridized carbons (Fsp3) is 0.375. The smallest absolute Gasteiger partial charge is 0.339 e. The van der Waals surface area contributed by atoms with Gasteiger partial charge in [-0.15, -0.1) is 0 Å². The van der Waals surface area contributed by atoms with Gasteiger partial charge in [-0.1, -0.05) is 6.92 Å². The fourth-order valence-electron chi connectivity index (χ4n) is 0.676. The molecular weight excluding hydrogens is 144 g/mol. The SMILES string of the molecule is CCCOc1ccoc(=O)c1. The van der Waals surface area contributed by atoms with Crippen LogP contribution in [0.2, 0.25) is 0 Å². The molecule has 0 aliphatic heterocycles. The van der Waals surface area contributed by atoms with Crippen LogP contribution in [0.1, 0.15) is 13.3 Å². The first kappa shape index (κ1) is 7.85. The second-order valence-corrected chi connectivity index (χ2v) is 2.13. The Labute approximate surface area is 64.6 Å². The monoisotopic (exact) mass is 154 g/mol. The predicted molar refractivity (Wildman–Crippen MR) is 40.8 cm³/mol. The van der Waals surface area contributed by atoms with Crippen molar-refractivity contribution in [2.75, 3.05) is 6.61 Å². The van der Waals surface area contributed by atoms with Crippen molar-refractivity contribution in [3.05, 3.63) is 28.8 Å². The van der Waals surface area contributed by atoms with E-state index in [0.29, 0.717) is 12.4 Å². The summed E-state index contributed by atoms with van der Waals surface area (Å²) in [6.07, 6.45) is 2.26. The third-order valence-corrected chi connectivity index (χ3v) is 1.15. The molecule has 3 nitrogen and oxygen atoms in total. The van der Waals surface area contributed by atoms with E-state index in [4.69, 9.17) is 4.74 Å². The highest BCUT2D eigenvalue weighted by Crippen LogP contribution is 2.04. The van der Waals surface area contributed by atoms with Gasteiger partial charge in [-0.05, 0) is 6.42 Å². The number of ether oxygens (including phenoxy) is 1. The first-order valence-electron chi connectivity index (χ1n) is 3.54. The molecule has 0 aliphatic rings. The van der Waals surface area contributed by atoms with Crippen molar-refractivity contribution in [2.24, 2.45) is 0 Å². The molecule has 1 aromatic rings. The van der Waals surface area contributed by atoms with Crippen LogP contribution < -0.4 is 10.4 Å². The van der Waals surface area contributed by atoms with Gasteiger partial charge in [-0.2, -0.15) is 0 Å². The van der Waals surface area contributed by atoms with Gasteiger partial charge in [0.25, 0.3) is 0 Å². The van der Waals surface area contributed by atoms with Gasteiger partial charge in [-0.25, -0.2) is 4.79 Å². The van der Waals surface area contributed by atoms with Crippen LogP contribution in [0.25, 0.3) is 0 Å². The summed E-state index contributed by atoms with van der Waals surface area (Å²) in [6, 6.07) is 2.95. The van der Waals surface area contributed by atoms with Crippen LogP contribution in [-0.2, 0) is 0 Å². The van der Waals surface area contributed by atoms with Gasteiger partial charge in [0.15, 0.2) is 0 Å². The Morgan fingerprint density at radius 2 is 2.45 bits per heavy atom. The molecule has 0 saturated carbocycles. The Hall–Kier alpha value is -1.25. The lowest BCUT2D eigenvalue weighted by molar-refractivity contribution is 0.312. The van der Waals surface area contributed by atoms with Crippen LogP contribution in [0.3, 0.4) is 0 Å². The molecule has 0 aromatic carbocycles. The summed E-state index contributed by atoms with van der Waals surface area (Å²) in [4.78, 5) is 10.6. The summed E-state index contributed by atoms with van der Waals surface area (Å²) >= 11 is 0. The summed E-state index contributed by atoms with van der Waals surface area (Å²) in [6.45, 7) is 2.63. The van der Waals surface area contributed by atoms with E-state index in [9.17, 15) is 4.79 Å². The lowest BCUT2D eigenvalue weighted by atomic mass is 10.4. The number of hydrogen-bond acceptors (Lipinski definition) is 3. The molecule has 0 atom stereocenters. The van der Waals surface area contributed by atoms with Gasteiger partial charge < -0.3 is 9.15 Å². The Morgan fingerprint density at radius 1 is 1.64 bits per heavy atom. The molecule has 1 heterocycles. The first-order chi connectivity index (χ1) is 5.33. The van der Waals surface area contributed by atoms with E-state index in [1.165, 1.54) is 12.3 Å². The van der Waals surface area contributed by atoms with Crippen LogP contribution in [0.15, 0.2) is 27.6 Å². The minimum absolute atomic E-state index is 0.376. The van der Waals surface area contributed by atoms with E-state index in [-0.39, 0.29) is 5.63 Å². The Kier molecular flexibility index (Phi) is 2.72. The second-order valence-electron chi connectivity index (χ2n) is 2.13. The maximum absolute atomic E-state index is 10.6. The van der Waals surface area contributed by atoms with Crippen molar-refractivity contribution in [1.29, 1.82) is 0 Å². The minimum atomic E-state index is -0.376. The molecule has 0 aliphatic carbocycles. The summed E-state index contributed by atoms with van der Waals surface area (Å²) in [7, 11) is 0. The van der Waals surface area contributed by atoms with E-state index < -0.39 is 0 Å². The molecule has 0 bridgehead atoms. The van der Waals surface area contributed by atoms with E-state index in [1.54, 1.807) is 6.07 Å². The van der Waals surface area contributed by atoms with Gasteiger partial charge in [-0.3, -0.25) is 0 Å². The van der Waals surface area contributed by atoms with Gasteiger partial charge in [0.1, 0.15) is 5.75 Å². The van der Waals surface area contributed by atoms with E-state index in [2.05, 4.69) is 4.42 Å². The molecule has 11 heavy (non-hydrogen) atoms. The van der Waals surface area contributed by atoms with E-state index in [0.717, 1.165) is 6.42 Å². The summed E-state index contributed by atoms with van der Waals surface area (Å²) in [5.41, 5.74) is -0.376. The molecule has 0 saturated heterocycles. The first-order valence-corrected chi connectivity index (χ1v) is 3.54. The van der Waals surface area contributed by atoms with Crippen molar-refractivity contribution >= 4 is 0 Å². The average Bonchev–Trinajstić information content (AvgIpc) is 2.01. The number of rotatable bonds is 3. The van der Waals surface area contributed by atoms with Crippen molar-refractivity contribution < 1.29 is 9.15 Å². The van der Waals surface area contributed by atoms with Crippen LogP contribution in [0, 0.1) is 0 Å². The average molecular weight is 154 g/mol. The quantitative estimate of drug-likeness (QED) is 0.661. The van der Waals surface area contributed by atoms with Crippen LogP contribution >= 0.6 is 0 Å². The zero-order valence-corrected chi connectivity index (χ0v) is 6.37. The minimum Gasteiger partial charge on any atom is -0.493 e. The highest BCUT2D eigenvalue weighted by atomic mass is 16.5. The molecule has 0 amide bonds. The molecule has 0 N–H and O–H groups in total. The molecule has 1 rings (SSSR count). The van der Waals surface area contributed by atoms with Crippen molar-refractivity contribution in [3.63, 3.8) is 0 Å². The molecule has 0 unspecified atom stereocenters. The maximum Gasteiger partial charge on any atom is 0.339 e. The van der Waals surface area contributed by atoms with Crippen molar-refractivity contribution in [2.45, 2.75) is 13.3 Å². The topological polar surface area (TPSA) is 39.4 Å². The van der Waals surface area contributed by atoms with Crippen LogP contribution in [-0.4, -0.2) is 6.61 Å². The molecule has 0 fully saturated rings. The fourth-order valence-corrected chi connectivity index (χ4v) is 0.676. The summed E-state index contributed by atoms with van der Waals surface area (Å²) in [5, 5.41) is 0. The van der Waals surface area contributed by atoms with Gasteiger partial charge in [0.2, 0.25) is 0 Å². The zero-order chi connectivity index (χ0) is 8.10. The standard InChI is InChI=1S/C8H10O3/c1-2-4-10-7-3-5-11-8(9)6-7/h3,5-6H,2,4H2,1H3. The lowest BCUT2D eigenvalue weighted by Gasteiger charge is -2.00. The molecule has 3 heteroatoms. The Morgan fingerprint density at radius 3 is 3.09 bits per heavy atom. The maximum atomic E-state index is 10.6. The third-order valence-electron chi connectivity index (χ3n) is 1.15. The van der Waals surface area contributed by atoms with Crippen molar-refractivity contribution in [3.8, 4) is 5.75 Å². The summed E-state index contributed by atoms with van der Waals surface area (Å²) < 4.78 is 9.69. The van der Waals surface area contributed by atoms with Gasteiger partial charge in [0.05, 0.1) is 18.9 Å². The molecule has 0 spiro atoms. The Bertz CT molecular complexity index is 264. The predicted octanol–water partition coefficient (Wildman–Crippen LogP) is 1.43. The highest BCUT2D eigenvalue weighted by Gasteiger charge is 1.92. The van der Waals surface area contributed by atoms with Crippen LogP contribution in [0.4, 0.5) is 0 Å². The molecular formula is C8H10O3. The second kappa shape index (κ2) is 3.81. The lowest BCUT2D eigenvalue weighted by Crippen LogP contribution is -2.00. The highest BCUT2D eigenvalue weighted by molar-refractivity contribution is 5.15. The van der Waals surface area contributed by atoms with E-state index in [1.807, 2.05) is 6.92 Å². The van der Waals surface area contributed by atoms with E-state index >= 15 is 0 Å². The molecule has 60 valence electrons. The molecule has 1 aromatic heterocycles. The van der Waals surface area contributed by atoms with Gasteiger partial charge >= 0.3 is 5.63 Å². The van der Waals surface area contributed by atoms with Crippen LogP contribution in [0.5, 0.6) is 5.75 Å². The number of hydrogen-bond donors (Lipinski definition) is 0. The van der Waals surface area contributed by atoms with Gasteiger partial charge in [0, 0.05) is 6.07 Å². The normalized spacial score (nSPS) is 9.55. The van der Waals surface area contributed by atoms with Crippen molar-refractivity contribution in [1.82, 2.24) is 0 Å².